The Hall–Kier alpha value is -4.38. The largest absolute Gasteiger partial charge is 0.519 e. The van der Waals surface area contributed by atoms with Gasteiger partial charge in [0.2, 0.25) is 5.91 Å². The summed E-state index contributed by atoms with van der Waals surface area (Å²) in [4.78, 5) is 52.9. The Morgan fingerprint density at radius 1 is 1.07 bits per heavy atom. The molecule has 11 heteroatoms. The summed E-state index contributed by atoms with van der Waals surface area (Å²) in [6.07, 6.45) is 4.22. The molecule has 2 aromatic carbocycles. The minimum absolute atomic E-state index is 0.0711. The smallest absolute Gasteiger partial charge is 0.494 e. The van der Waals surface area contributed by atoms with Crippen molar-refractivity contribution in [2.45, 2.75) is 65.0 Å². The van der Waals surface area contributed by atoms with E-state index in [0.29, 0.717) is 37.4 Å². The molecule has 3 heterocycles. The number of hydrogen-bond donors (Lipinski definition) is 1. The number of carbonyl (C=O) groups excluding carboxylic acids is 2. The summed E-state index contributed by atoms with van der Waals surface area (Å²) in [5, 5.41) is 9.19. The Kier molecular flexibility index (Phi) is 8.06. The molecular weight excluding hydrogens is 568 g/mol. The zero-order valence-electron chi connectivity index (χ0n) is 24.9. The normalized spacial score (nSPS) is 18.1. The van der Waals surface area contributed by atoms with Gasteiger partial charge in [0, 0.05) is 30.8 Å². The molecule has 3 fully saturated rings. The van der Waals surface area contributed by atoms with Gasteiger partial charge in [0.05, 0.1) is 17.7 Å². The van der Waals surface area contributed by atoms with Gasteiger partial charge in [0.1, 0.15) is 5.75 Å². The van der Waals surface area contributed by atoms with Gasteiger partial charge in [-0.3, -0.25) is 9.69 Å². The molecule has 1 amide bonds. The average Bonchev–Trinajstić information content (AvgIpc) is 3.73. The average molecular weight is 605 g/mol. The number of piperidine rings is 1. The number of ether oxygens (including phenoxy) is 2. The predicted octanol–water partition coefficient (Wildman–Crippen LogP) is 4.89. The van der Waals surface area contributed by atoms with E-state index in [1.807, 2.05) is 6.92 Å². The molecule has 1 saturated carbocycles. The van der Waals surface area contributed by atoms with Crippen LogP contribution < -0.4 is 15.5 Å². The number of benzene rings is 2. The maximum atomic E-state index is 13.2. The summed E-state index contributed by atoms with van der Waals surface area (Å²) in [5.74, 6) is -0.865. The van der Waals surface area contributed by atoms with E-state index >= 15 is 0 Å². The fraction of sp³-hybridized carbons (Fsp3) is 0.455. The van der Waals surface area contributed by atoms with Crippen molar-refractivity contribution in [2.75, 3.05) is 31.1 Å². The summed E-state index contributed by atoms with van der Waals surface area (Å²) in [7, 11) is 0. The maximum Gasteiger partial charge on any atom is 0.519 e. The number of carboxylic acid groups (broad SMARTS) is 1. The Bertz CT molecular complexity index is 1630. The molecule has 0 bridgehead atoms. The third-order valence-corrected chi connectivity index (χ3v) is 9.00. The first kappa shape index (κ1) is 29.7. The minimum atomic E-state index is -0.990. The van der Waals surface area contributed by atoms with Crippen molar-refractivity contribution in [3.63, 3.8) is 0 Å². The number of carbonyl (C=O) groups is 3. The van der Waals surface area contributed by atoms with Crippen LogP contribution in [0.3, 0.4) is 0 Å². The molecule has 1 aliphatic carbocycles. The molecule has 1 aromatic heterocycles. The molecular formula is C33H36N2O9. The molecule has 2 saturated heterocycles. The first-order chi connectivity index (χ1) is 21.1. The predicted molar refractivity (Wildman–Crippen MR) is 158 cm³/mol. The Balaban J connectivity index is 1.13. The molecule has 0 atom stereocenters. The van der Waals surface area contributed by atoms with E-state index in [2.05, 4.69) is 11.0 Å². The Morgan fingerprint density at radius 3 is 2.41 bits per heavy atom. The number of nitrogens with zero attached hydrogens (tertiary/aromatic N) is 2. The molecule has 3 aromatic rings. The van der Waals surface area contributed by atoms with E-state index in [9.17, 15) is 24.3 Å². The highest BCUT2D eigenvalue weighted by Crippen LogP contribution is 2.45. The number of aromatic carboxylic acids is 1. The number of esters is 1. The van der Waals surface area contributed by atoms with Gasteiger partial charge in [-0.25, -0.2) is 14.4 Å². The Labute approximate surface area is 254 Å². The lowest BCUT2D eigenvalue weighted by Crippen LogP contribution is -2.41. The molecule has 2 aliphatic heterocycles. The number of amides is 1. The second-order valence-electron chi connectivity index (χ2n) is 12.0. The van der Waals surface area contributed by atoms with Crippen LogP contribution in [-0.2, 0) is 22.7 Å². The molecule has 3 aliphatic rings. The summed E-state index contributed by atoms with van der Waals surface area (Å²) >= 11 is 0. The molecule has 1 spiro atoms. The highest BCUT2D eigenvalue weighted by atomic mass is 16.6. The van der Waals surface area contributed by atoms with Crippen LogP contribution in [0.1, 0.15) is 88.3 Å². The van der Waals surface area contributed by atoms with Crippen LogP contribution in [0.5, 0.6) is 5.75 Å². The zero-order chi connectivity index (χ0) is 31.0. The van der Waals surface area contributed by atoms with Crippen LogP contribution in [-0.4, -0.2) is 54.1 Å². The van der Waals surface area contributed by atoms with Gasteiger partial charge in [-0.2, -0.15) is 0 Å². The molecule has 44 heavy (non-hydrogen) atoms. The first-order valence-electron chi connectivity index (χ1n) is 15.1. The maximum absolute atomic E-state index is 13.2. The van der Waals surface area contributed by atoms with Gasteiger partial charge in [-0.15, -0.1) is 0 Å². The van der Waals surface area contributed by atoms with Crippen LogP contribution in [0.4, 0.5) is 5.69 Å². The molecule has 232 valence electrons. The van der Waals surface area contributed by atoms with E-state index in [0.717, 1.165) is 55.6 Å². The van der Waals surface area contributed by atoms with Crippen molar-refractivity contribution in [2.24, 2.45) is 5.41 Å². The topological polar surface area (TPSA) is 140 Å². The molecule has 0 unspecified atom stereocenters. The summed E-state index contributed by atoms with van der Waals surface area (Å²) < 4.78 is 21.3. The highest BCUT2D eigenvalue weighted by molar-refractivity contribution is 5.97. The zero-order valence-corrected chi connectivity index (χ0v) is 24.9. The lowest BCUT2D eigenvalue weighted by molar-refractivity contribution is -0.118. The second kappa shape index (κ2) is 12.0. The van der Waals surface area contributed by atoms with Crippen molar-refractivity contribution in [3.8, 4) is 5.75 Å². The van der Waals surface area contributed by atoms with Crippen molar-refractivity contribution < 1.29 is 37.8 Å². The van der Waals surface area contributed by atoms with Gasteiger partial charge < -0.3 is 28.3 Å². The molecule has 1 N–H and O–H groups in total. The number of rotatable bonds is 10. The molecule has 11 nitrogen and oxygen atoms in total. The van der Waals surface area contributed by atoms with Crippen molar-refractivity contribution in [1.29, 1.82) is 0 Å². The third kappa shape index (κ3) is 6.14. The van der Waals surface area contributed by atoms with Crippen LogP contribution in [0.2, 0.25) is 0 Å². The van der Waals surface area contributed by atoms with Gasteiger partial charge in [0.25, 0.3) is 0 Å². The quantitative estimate of drug-likeness (QED) is 0.318. The van der Waals surface area contributed by atoms with Gasteiger partial charge in [0.15, 0.2) is 18.1 Å². The Morgan fingerprint density at radius 2 is 1.80 bits per heavy atom. The van der Waals surface area contributed by atoms with E-state index in [1.54, 1.807) is 30.0 Å². The number of carboxylic acids is 1. The summed E-state index contributed by atoms with van der Waals surface area (Å²) in [6.45, 7) is 6.66. The highest BCUT2D eigenvalue weighted by Gasteiger charge is 2.45. The number of hydrogen-bond acceptors (Lipinski definition) is 9. The van der Waals surface area contributed by atoms with Crippen molar-refractivity contribution in [1.82, 2.24) is 4.90 Å². The molecule has 0 radical (unpaired) electrons. The summed E-state index contributed by atoms with van der Waals surface area (Å²) in [5.41, 5.74) is 3.24. The number of aryl methyl sites for hydroxylation is 1. The fourth-order valence-corrected chi connectivity index (χ4v) is 6.36. The molecule has 6 rings (SSSR count). The van der Waals surface area contributed by atoms with E-state index in [-0.39, 0.29) is 40.9 Å². The third-order valence-electron chi connectivity index (χ3n) is 9.00. The van der Waals surface area contributed by atoms with Crippen LogP contribution in [0.25, 0.3) is 0 Å². The van der Waals surface area contributed by atoms with Crippen molar-refractivity contribution >= 4 is 23.5 Å². The van der Waals surface area contributed by atoms with Crippen LogP contribution >= 0.6 is 0 Å². The van der Waals surface area contributed by atoms with Gasteiger partial charge in [-0.05, 0) is 106 Å². The lowest BCUT2D eigenvalue weighted by Gasteiger charge is -2.39. The number of likely N-dealkylation sites (tertiary alicyclic amines) is 1. The van der Waals surface area contributed by atoms with E-state index < -0.39 is 17.8 Å². The van der Waals surface area contributed by atoms with Crippen LogP contribution in [0.15, 0.2) is 50.0 Å². The standard InChI is InChI=1S/C33H36N2O9/c1-3-41-27-15-26(31(39)42-18-28-20(2)43-32(40)44-28)25(21-4-5-21)14-23(27)17-34-12-10-33(11-13-34)16-29(36)35(19-33)24-8-6-22(7-9-24)30(37)38/h6-9,14-15,21H,3-5,10-13,16-19H2,1-2H3,(H,37,38). The fourth-order valence-electron chi connectivity index (χ4n) is 6.36. The van der Waals surface area contributed by atoms with Gasteiger partial charge in [-0.1, -0.05) is 0 Å². The first-order valence-corrected chi connectivity index (χ1v) is 15.1. The number of anilines is 1. The SMILES string of the molecule is CCOc1cc(C(=O)OCc2oc(=O)oc2C)c(C2CC2)cc1CN1CCC2(CC1)CC(=O)N(c1ccc(C(=O)O)cc1)C2. The monoisotopic (exact) mass is 604 g/mol. The van der Waals surface area contributed by atoms with Gasteiger partial charge >= 0.3 is 17.8 Å². The minimum Gasteiger partial charge on any atom is -0.494 e. The van der Waals surface area contributed by atoms with E-state index in [1.165, 1.54) is 12.1 Å². The van der Waals surface area contributed by atoms with E-state index in [4.69, 9.17) is 18.3 Å². The van der Waals surface area contributed by atoms with Crippen LogP contribution in [0, 0.1) is 12.3 Å². The lowest BCUT2D eigenvalue weighted by atomic mass is 9.77. The summed E-state index contributed by atoms with van der Waals surface area (Å²) in [6, 6.07) is 10.3. The van der Waals surface area contributed by atoms with Crippen molar-refractivity contribution in [3.05, 3.63) is 80.8 Å². The second-order valence-corrected chi connectivity index (χ2v) is 12.0.